The van der Waals surface area contributed by atoms with Gasteiger partial charge in [0.05, 0.1) is 11.7 Å². The molecular weight excluding hydrogens is 222 g/mol. The van der Waals surface area contributed by atoms with Gasteiger partial charge in [-0.05, 0) is 44.9 Å². The van der Waals surface area contributed by atoms with E-state index in [0.717, 1.165) is 32.1 Å². The van der Waals surface area contributed by atoms with Crippen LogP contribution in [0.2, 0.25) is 0 Å². The predicted octanol–water partition coefficient (Wildman–Crippen LogP) is 1.87. The Hall–Kier alpha value is -0.400. The number of hydrogen-bond donors (Lipinski definition) is 1. The van der Waals surface area contributed by atoms with Crippen LogP contribution in [-0.4, -0.2) is 25.4 Å². The second kappa shape index (κ2) is 4.85. The van der Waals surface area contributed by atoms with Crippen LogP contribution in [0.15, 0.2) is 0 Å². The van der Waals surface area contributed by atoms with Gasteiger partial charge in [-0.3, -0.25) is 4.21 Å². The van der Waals surface area contributed by atoms with Gasteiger partial charge in [-0.25, -0.2) is 0 Å². The fraction of sp³-hybridized carbons (Fsp3) is 0.917. The van der Waals surface area contributed by atoms with Crippen LogP contribution in [-0.2, 0) is 10.8 Å². The van der Waals surface area contributed by atoms with Gasteiger partial charge in [-0.2, -0.15) is 5.26 Å². The summed E-state index contributed by atoms with van der Waals surface area (Å²) in [6.45, 7) is 0. The summed E-state index contributed by atoms with van der Waals surface area (Å²) in [5, 5.41) is 19.4. The summed E-state index contributed by atoms with van der Waals surface area (Å²) in [5.41, 5.74) is -0.588. The highest BCUT2D eigenvalue weighted by Crippen LogP contribution is 2.42. The van der Waals surface area contributed by atoms with Gasteiger partial charge in [0.25, 0.3) is 0 Å². The van der Waals surface area contributed by atoms with Crippen molar-refractivity contribution in [1.82, 2.24) is 0 Å². The zero-order chi connectivity index (χ0) is 11.6. The van der Waals surface area contributed by atoms with Gasteiger partial charge in [0, 0.05) is 27.7 Å². The Morgan fingerprint density at radius 1 is 1.31 bits per heavy atom. The number of unbranched alkanes of at least 4 members (excludes halogenated alkanes) is 2. The molecule has 0 spiro atoms. The van der Waals surface area contributed by atoms with Crippen molar-refractivity contribution in [1.29, 1.82) is 5.26 Å². The molecule has 2 rings (SSSR count). The Morgan fingerprint density at radius 2 is 1.94 bits per heavy atom. The van der Waals surface area contributed by atoms with Crippen molar-refractivity contribution in [3.05, 3.63) is 0 Å². The van der Waals surface area contributed by atoms with Crippen LogP contribution in [0.1, 0.15) is 51.4 Å². The second-order valence-electron chi connectivity index (χ2n) is 5.15. The molecule has 0 radical (unpaired) electrons. The summed E-state index contributed by atoms with van der Waals surface area (Å²) in [6.07, 6.45) is 6.61. The fourth-order valence-electron chi connectivity index (χ4n) is 3.04. The normalized spacial score (nSPS) is 41.9. The van der Waals surface area contributed by atoms with Crippen molar-refractivity contribution in [2.24, 2.45) is 0 Å². The Morgan fingerprint density at radius 3 is 2.50 bits per heavy atom. The van der Waals surface area contributed by atoms with E-state index in [1.807, 2.05) is 0 Å². The second-order valence-corrected chi connectivity index (χ2v) is 7.14. The molecule has 0 aliphatic carbocycles. The molecule has 0 aromatic heterocycles. The third-order valence-corrected chi connectivity index (χ3v) is 5.98. The molecule has 1 N–H and O–H groups in total. The number of nitrogens with zero attached hydrogens (tertiary/aromatic N) is 1. The summed E-state index contributed by atoms with van der Waals surface area (Å²) in [4.78, 5) is 0. The van der Waals surface area contributed by atoms with Crippen LogP contribution < -0.4 is 0 Å². The lowest BCUT2D eigenvalue weighted by atomic mass is 9.88. The van der Waals surface area contributed by atoms with Crippen LogP contribution in [0, 0.1) is 11.3 Å². The minimum Gasteiger partial charge on any atom is -0.390 e. The summed E-state index contributed by atoms with van der Waals surface area (Å²) in [6, 6.07) is 2.12. The highest BCUT2D eigenvalue weighted by atomic mass is 32.2. The Kier molecular flexibility index (Phi) is 3.66. The SMILES string of the molecule is N#CCCCCC1(O)CC2CCC(C1)S2=O. The molecule has 2 atom stereocenters. The lowest BCUT2D eigenvalue weighted by molar-refractivity contribution is 0.0121. The van der Waals surface area contributed by atoms with Crippen molar-refractivity contribution in [3.8, 4) is 6.07 Å². The van der Waals surface area contributed by atoms with Crippen molar-refractivity contribution >= 4 is 10.8 Å². The Labute approximate surface area is 99.3 Å². The molecule has 0 aromatic carbocycles. The first-order valence-electron chi connectivity index (χ1n) is 6.13. The van der Waals surface area contributed by atoms with Crippen molar-refractivity contribution in [2.45, 2.75) is 67.5 Å². The van der Waals surface area contributed by atoms with Gasteiger partial charge in [-0.15, -0.1) is 0 Å². The maximum atomic E-state index is 11.8. The first kappa shape index (κ1) is 12.1. The zero-order valence-corrected chi connectivity index (χ0v) is 10.3. The van der Waals surface area contributed by atoms with Crippen molar-refractivity contribution in [3.63, 3.8) is 0 Å². The number of aliphatic hydroxyl groups is 1. The first-order chi connectivity index (χ1) is 7.64. The standard InChI is InChI=1S/C12H19NO2S/c13-7-3-1-2-6-12(14)8-10-4-5-11(9-12)16(10)15/h10-11,14H,1-6,8-9H2. The van der Waals surface area contributed by atoms with Crippen LogP contribution in [0.5, 0.6) is 0 Å². The topological polar surface area (TPSA) is 61.1 Å². The van der Waals surface area contributed by atoms with E-state index < -0.39 is 16.4 Å². The minimum absolute atomic E-state index is 0.236. The van der Waals surface area contributed by atoms with Crippen molar-refractivity contribution < 1.29 is 9.32 Å². The number of rotatable bonds is 4. The van der Waals surface area contributed by atoms with Crippen molar-refractivity contribution in [2.75, 3.05) is 0 Å². The van der Waals surface area contributed by atoms with Gasteiger partial charge in [0.2, 0.25) is 0 Å². The molecule has 0 amide bonds. The first-order valence-corrected chi connectivity index (χ1v) is 7.41. The molecule has 4 heteroatoms. The average molecular weight is 241 g/mol. The molecule has 2 unspecified atom stereocenters. The van der Waals surface area contributed by atoms with E-state index in [9.17, 15) is 9.32 Å². The van der Waals surface area contributed by atoms with Gasteiger partial charge in [0.1, 0.15) is 0 Å². The summed E-state index contributed by atoms with van der Waals surface area (Å²) >= 11 is 0. The highest BCUT2D eigenvalue weighted by molar-refractivity contribution is 7.86. The number of fused-ring (bicyclic) bond motifs is 2. The van der Waals surface area contributed by atoms with Gasteiger partial charge in [0.15, 0.2) is 0 Å². The molecular formula is C12H19NO2S. The molecule has 0 aromatic rings. The van der Waals surface area contributed by atoms with Crippen LogP contribution in [0.25, 0.3) is 0 Å². The van der Waals surface area contributed by atoms with E-state index in [2.05, 4.69) is 6.07 Å². The quantitative estimate of drug-likeness (QED) is 0.764. The smallest absolute Gasteiger partial charge is 0.0670 e. The van der Waals surface area contributed by atoms with E-state index in [-0.39, 0.29) is 10.5 Å². The molecule has 2 bridgehead atoms. The van der Waals surface area contributed by atoms with E-state index in [0.29, 0.717) is 19.3 Å². The molecule has 90 valence electrons. The summed E-state index contributed by atoms with van der Waals surface area (Å²) in [5.74, 6) is 0. The van der Waals surface area contributed by atoms with Crippen LogP contribution in [0.4, 0.5) is 0 Å². The maximum absolute atomic E-state index is 11.8. The average Bonchev–Trinajstić information content (AvgIpc) is 2.51. The molecule has 3 nitrogen and oxygen atoms in total. The molecule has 0 saturated carbocycles. The summed E-state index contributed by atoms with van der Waals surface area (Å²) < 4.78 is 11.8. The van der Waals surface area contributed by atoms with Crippen LogP contribution in [0.3, 0.4) is 0 Å². The molecule has 2 aliphatic heterocycles. The lowest BCUT2D eigenvalue weighted by Crippen LogP contribution is -2.42. The number of hydrogen-bond acceptors (Lipinski definition) is 3. The van der Waals surface area contributed by atoms with E-state index in [1.54, 1.807) is 0 Å². The van der Waals surface area contributed by atoms with Crippen LogP contribution >= 0.6 is 0 Å². The highest BCUT2D eigenvalue weighted by Gasteiger charge is 2.46. The molecule has 2 heterocycles. The third kappa shape index (κ3) is 2.46. The fourth-order valence-corrected chi connectivity index (χ4v) is 5.27. The van der Waals surface area contributed by atoms with Gasteiger partial charge in [-0.1, -0.05) is 0 Å². The largest absolute Gasteiger partial charge is 0.390 e. The van der Waals surface area contributed by atoms with Gasteiger partial charge >= 0.3 is 0 Å². The molecule has 16 heavy (non-hydrogen) atoms. The molecule has 2 aliphatic rings. The monoisotopic (exact) mass is 241 g/mol. The molecule has 2 fully saturated rings. The minimum atomic E-state index is -0.686. The lowest BCUT2D eigenvalue weighted by Gasteiger charge is -2.35. The predicted molar refractivity (Wildman–Crippen MR) is 63.2 cm³/mol. The summed E-state index contributed by atoms with van der Waals surface area (Å²) in [7, 11) is -0.686. The van der Waals surface area contributed by atoms with E-state index in [1.165, 1.54) is 0 Å². The van der Waals surface area contributed by atoms with Gasteiger partial charge < -0.3 is 5.11 Å². The zero-order valence-electron chi connectivity index (χ0n) is 9.52. The Bertz CT molecular complexity index is 307. The third-order valence-electron chi connectivity index (χ3n) is 3.86. The molecule has 2 saturated heterocycles. The Balaban J connectivity index is 1.85. The maximum Gasteiger partial charge on any atom is 0.0670 e. The van der Waals surface area contributed by atoms with E-state index in [4.69, 9.17) is 5.26 Å². The van der Waals surface area contributed by atoms with E-state index >= 15 is 0 Å². The number of nitriles is 1.